The molecule has 1 aromatic carbocycles. The fraction of sp³-hybridized carbons (Fsp3) is 0.250. The van der Waals surface area contributed by atoms with Gasteiger partial charge in [0.2, 0.25) is 5.91 Å². The Balaban J connectivity index is 2.06. The van der Waals surface area contributed by atoms with Crippen LogP contribution in [0.15, 0.2) is 18.2 Å². The molecule has 0 bridgehead atoms. The highest BCUT2D eigenvalue weighted by molar-refractivity contribution is 14.1. The van der Waals surface area contributed by atoms with E-state index in [1.165, 1.54) is 0 Å². The molecule has 0 unspecified atom stereocenters. The summed E-state index contributed by atoms with van der Waals surface area (Å²) in [6.07, 6.45) is 0.951. The van der Waals surface area contributed by atoms with Crippen molar-refractivity contribution in [2.24, 2.45) is 5.41 Å². The van der Waals surface area contributed by atoms with E-state index in [1.54, 1.807) is 18.2 Å². The predicted molar refractivity (Wildman–Crippen MR) is 76.9 cm³/mol. The molecule has 1 N–H and O–H groups in total. The molecule has 1 aliphatic heterocycles. The number of hydrogen-bond acceptors (Lipinski definition) is 3. The van der Waals surface area contributed by atoms with Crippen molar-refractivity contribution in [1.29, 1.82) is 0 Å². The third-order valence-corrected chi connectivity index (χ3v) is 4.35. The number of benzene rings is 1. The number of amides is 4. The van der Waals surface area contributed by atoms with Crippen molar-refractivity contribution in [3.05, 3.63) is 26.8 Å². The highest BCUT2D eigenvalue weighted by Gasteiger charge is 2.62. The lowest BCUT2D eigenvalue weighted by Gasteiger charge is -2.30. The smallest absolute Gasteiger partial charge is 0.276 e. The minimum atomic E-state index is -1.06. The fourth-order valence-electron chi connectivity index (χ4n) is 2.12. The summed E-state index contributed by atoms with van der Waals surface area (Å²) >= 11 is 8.16. The predicted octanol–water partition coefficient (Wildman–Crippen LogP) is 2.31. The average molecular weight is 391 g/mol. The van der Waals surface area contributed by atoms with Gasteiger partial charge in [-0.1, -0.05) is 11.6 Å². The third-order valence-electron chi connectivity index (χ3n) is 3.37. The van der Waals surface area contributed by atoms with Crippen molar-refractivity contribution in [2.75, 3.05) is 4.90 Å². The van der Waals surface area contributed by atoms with Gasteiger partial charge in [-0.05, 0) is 53.6 Å². The quantitative estimate of drug-likeness (QED) is 0.591. The number of rotatable bonds is 1. The maximum atomic E-state index is 12.4. The molecular weight excluding hydrogens is 382 g/mol. The zero-order chi connectivity index (χ0) is 13.8. The first-order valence-corrected chi connectivity index (χ1v) is 7.06. The van der Waals surface area contributed by atoms with E-state index >= 15 is 0 Å². The number of halogens is 2. The Labute approximate surface area is 127 Å². The van der Waals surface area contributed by atoms with E-state index in [1.807, 2.05) is 0 Å². The Bertz CT molecular complexity index is 627. The molecule has 0 atom stereocenters. The Hall–Kier alpha value is -1.15. The van der Waals surface area contributed by atoms with Gasteiger partial charge in [-0.3, -0.25) is 14.9 Å². The molecule has 2 fully saturated rings. The largest absolute Gasteiger partial charge is 0.335 e. The van der Waals surface area contributed by atoms with Gasteiger partial charge in [0.15, 0.2) is 0 Å². The van der Waals surface area contributed by atoms with Crippen molar-refractivity contribution >= 4 is 57.7 Å². The van der Waals surface area contributed by atoms with Gasteiger partial charge >= 0.3 is 6.03 Å². The van der Waals surface area contributed by atoms with Crippen LogP contribution >= 0.6 is 34.2 Å². The topological polar surface area (TPSA) is 66.5 Å². The first kappa shape index (κ1) is 12.9. The molecule has 1 heterocycles. The van der Waals surface area contributed by atoms with Crippen LogP contribution in [0.2, 0.25) is 5.02 Å². The summed E-state index contributed by atoms with van der Waals surface area (Å²) in [5.74, 6) is -0.982. The molecular formula is C12H8ClIN2O3. The van der Waals surface area contributed by atoms with Crippen molar-refractivity contribution in [3.63, 3.8) is 0 Å². The fourth-order valence-corrected chi connectivity index (χ4v) is 3.06. The highest BCUT2D eigenvalue weighted by atomic mass is 127. The van der Waals surface area contributed by atoms with Crippen LogP contribution in [-0.4, -0.2) is 17.8 Å². The molecule has 5 nitrogen and oxygen atoms in total. The summed E-state index contributed by atoms with van der Waals surface area (Å²) < 4.78 is 0.897. The molecule has 1 saturated carbocycles. The van der Waals surface area contributed by atoms with Crippen molar-refractivity contribution in [2.45, 2.75) is 12.8 Å². The van der Waals surface area contributed by atoms with Gasteiger partial charge in [-0.15, -0.1) is 0 Å². The van der Waals surface area contributed by atoms with Gasteiger partial charge in [0.25, 0.3) is 5.91 Å². The molecule has 98 valence electrons. The number of imide groups is 2. The number of barbiturate groups is 1. The van der Waals surface area contributed by atoms with E-state index in [2.05, 4.69) is 27.9 Å². The molecule has 1 aliphatic carbocycles. The molecule has 19 heavy (non-hydrogen) atoms. The first-order chi connectivity index (χ1) is 8.95. The molecule has 0 aromatic heterocycles. The van der Waals surface area contributed by atoms with Crippen LogP contribution in [0.5, 0.6) is 0 Å². The van der Waals surface area contributed by atoms with Gasteiger partial charge < -0.3 is 0 Å². The normalized spacial score (nSPS) is 20.7. The summed E-state index contributed by atoms with van der Waals surface area (Å²) in [7, 11) is 0. The lowest BCUT2D eigenvalue weighted by molar-refractivity contribution is -0.136. The van der Waals surface area contributed by atoms with Crippen molar-refractivity contribution in [3.8, 4) is 0 Å². The van der Waals surface area contributed by atoms with Crippen LogP contribution in [0.1, 0.15) is 12.8 Å². The van der Waals surface area contributed by atoms with Gasteiger partial charge in [0, 0.05) is 3.57 Å². The number of nitrogens with one attached hydrogen (secondary N) is 1. The lowest BCUT2D eigenvalue weighted by Crippen LogP contribution is -2.59. The zero-order valence-corrected chi connectivity index (χ0v) is 12.5. The Morgan fingerprint density at radius 1 is 1.26 bits per heavy atom. The summed E-state index contributed by atoms with van der Waals surface area (Å²) in [6, 6.07) is 4.27. The van der Waals surface area contributed by atoms with Crippen molar-refractivity contribution < 1.29 is 14.4 Å². The van der Waals surface area contributed by atoms with Gasteiger partial charge in [-0.2, -0.15) is 0 Å². The second-order valence-corrected chi connectivity index (χ2v) is 6.23. The Morgan fingerprint density at radius 3 is 2.53 bits per heavy atom. The molecule has 1 spiro atoms. The maximum absolute atomic E-state index is 12.4. The van der Waals surface area contributed by atoms with E-state index in [0.717, 1.165) is 8.47 Å². The summed E-state index contributed by atoms with van der Waals surface area (Å²) in [4.78, 5) is 36.9. The number of anilines is 1. The lowest BCUT2D eigenvalue weighted by atomic mass is 10.0. The average Bonchev–Trinajstić information content (AvgIpc) is 3.11. The monoisotopic (exact) mass is 390 g/mol. The van der Waals surface area contributed by atoms with Gasteiger partial charge in [-0.25, -0.2) is 9.69 Å². The van der Waals surface area contributed by atoms with Gasteiger partial charge in [0.1, 0.15) is 5.41 Å². The molecule has 4 amide bonds. The number of carbonyl (C=O) groups is 3. The molecule has 1 saturated heterocycles. The van der Waals surface area contributed by atoms with Crippen LogP contribution in [0.3, 0.4) is 0 Å². The zero-order valence-electron chi connectivity index (χ0n) is 9.57. The van der Waals surface area contributed by atoms with Crippen LogP contribution in [0.25, 0.3) is 0 Å². The standard InChI is InChI=1S/C12H8ClIN2O3/c13-7-5-6(14)1-2-8(7)16-10(18)12(3-4-12)9(17)15-11(16)19/h1-2,5H,3-4H2,(H,15,17,19). The summed E-state index contributed by atoms with van der Waals surface area (Å²) in [5, 5.41) is 2.53. The van der Waals surface area contributed by atoms with Crippen LogP contribution in [0, 0.1) is 8.99 Å². The third kappa shape index (κ3) is 1.85. The van der Waals surface area contributed by atoms with Crippen LogP contribution in [0.4, 0.5) is 10.5 Å². The molecule has 3 rings (SSSR count). The molecule has 0 radical (unpaired) electrons. The Morgan fingerprint density at radius 2 is 1.95 bits per heavy atom. The molecule has 1 aromatic rings. The van der Waals surface area contributed by atoms with E-state index in [9.17, 15) is 14.4 Å². The minimum Gasteiger partial charge on any atom is -0.276 e. The molecule has 7 heteroatoms. The number of carbonyl (C=O) groups excluding carboxylic acids is 3. The van der Waals surface area contributed by atoms with E-state index in [0.29, 0.717) is 23.6 Å². The van der Waals surface area contributed by atoms with Crippen molar-refractivity contribution in [1.82, 2.24) is 5.32 Å². The van der Waals surface area contributed by atoms with Crippen LogP contribution in [-0.2, 0) is 9.59 Å². The van der Waals surface area contributed by atoms with E-state index in [-0.39, 0.29) is 0 Å². The molecule has 2 aliphatic rings. The first-order valence-electron chi connectivity index (χ1n) is 5.61. The number of urea groups is 1. The highest BCUT2D eigenvalue weighted by Crippen LogP contribution is 2.50. The second kappa shape index (κ2) is 4.17. The number of nitrogens with zero attached hydrogens (tertiary/aromatic N) is 1. The summed E-state index contributed by atoms with van der Waals surface area (Å²) in [5.41, 5.74) is -0.747. The number of hydrogen-bond donors (Lipinski definition) is 1. The van der Waals surface area contributed by atoms with Crippen LogP contribution < -0.4 is 10.2 Å². The van der Waals surface area contributed by atoms with E-state index in [4.69, 9.17) is 11.6 Å². The van der Waals surface area contributed by atoms with Gasteiger partial charge in [0.05, 0.1) is 10.7 Å². The second-order valence-electron chi connectivity index (χ2n) is 4.58. The SMILES string of the molecule is O=C1NC(=O)C2(CC2)C(=O)N1c1ccc(I)cc1Cl. The summed E-state index contributed by atoms with van der Waals surface area (Å²) in [6.45, 7) is 0. The van der Waals surface area contributed by atoms with E-state index < -0.39 is 23.3 Å². The minimum absolute atomic E-state index is 0.306. The Kier molecular flexibility index (Phi) is 2.82. The maximum Gasteiger partial charge on any atom is 0.335 e.